The van der Waals surface area contributed by atoms with Crippen molar-refractivity contribution in [3.8, 4) is 0 Å². The molecular weight excluding hydrogens is 288 g/mol. The van der Waals surface area contributed by atoms with Gasteiger partial charge in [0.05, 0.1) is 7.11 Å². The Balaban J connectivity index is 2.79. The number of rotatable bonds is 3. The monoisotopic (exact) mass is 312 g/mol. The summed E-state index contributed by atoms with van der Waals surface area (Å²) in [5.74, 6) is -0.839. The van der Waals surface area contributed by atoms with Crippen LogP contribution in [0.3, 0.4) is 0 Å². The zero-order valence-electron chi connectivity index (χ0n) is 13.7. The maximum Gasteiger partial charge on any atom is 0.408 e. The summed E-state index contributed by atoms with van der Waals surface area (Å²) in [6, 6.07) is -1.48. The van der Waals surface area contributed by atoms with Crippen LogP contribution >= 0.6 is 0 Å². The Kier molecular flexibility index (Phi) is 5.96. The number of ether oxygens (including phenoxy) is 2. The molecule has 1 aliphatic heterocycles. The highest BCUT2D eigenvalue weighted by atomic mass is 16.6. The second-order valence-corrected chi connectivity index (χ2v) is 6.10. The van der Waals surface area contributed by atoms with Gasteiger partial charge in [0.25, 0.3) is 0 Å². The van der Waals surface area contributed by atoms with Gasteiger partial charge in [-0.3, -0.25) is 4.79 Å². The summed E-state index contributed by atoms with van der Waals surface area (Å²) in [5, 5.41) is 2.55. The van der Waals surface area contributed by atoms with Crippen molar-refractivity contribution >= 4 is 18.0 Å². The van der Waals surface area contributed by atoms with E-state index in [1.54, 1.807) is 39.8 Å². The van der Waals surface area contributed by atoms with E-state index in [1.165, 1.54) is 12.0 Å². The first-order valence-electron chi connectivity index (χ1n) is 7.18. The minimum atomic E-state index is -0.763. The first kappa shape index (κ1) is 18.0. The molecule has 1 N–H and O–H groups in total. The summed E-state index contributed by atoms with van der Waals surface area (Å²) < 4.78 is 9.83. The van der Waals surface area contributed by atoms with Crippen LogP contribution in [0.25, 0.3) is 0 Å². The van der Waals surface area contributed by atoms with Gasteiger partial charge < -0.3 is 19.7 Å². The second kappa shape index (κ2) is 7.29. The highest BCUT2D eigenvalue weighted by molar-refractivity contribution is 5.90. The SMILES string of the molecule is COC(=O)[C@H](C)N1CC=CC[C@H](NC(=O)OC(C)(C)C)C1=O. The molecule has 0 bridgehead atoms. The molecule has 7 heteroatoms. The van der Waals surface area contributed by atoms with E-state index in [0.29, 0.717) is 13.0 Å². The molecule has 0 aromatic rings. The number of amides is 2. The summed E-state index contributed by atoms with van der Waals surface area (Å²) in [5.41, 5.74) is -0.646. The van der Waals surface area contributed by atoms with Crippen molar-refractivity contribution in [1.29, 1.82) is 0 Å². The molecule has 0 saturated heterocycles. The van der Waals surface area contributed by atoms with Crippen LogP contribution in [0.2, 0.25) is 0 Å². The van der Waals surface area contributed by atoms with Crippen LogP contribution in [0, 0.1) is 0 Å². The lowest BCUT2D eigenvalue weighted by Gasteiger charge is -2.29. The fraction of sp³-hybridized carbons (Fsp3) is 0.667. The predicted molar refractivity (Wildman–Crippen MR) is 80.1 cm³/mol. The van der Waals surface area contributed by atoms with Gasteiger partial charge in [-0.15, -0.1) is 0 Å². The molecule has 0 aliphatic carbocycles. The van der Waals surface area contributed by atoms with Crippen molar-refractivity contribution in [2.45, 2.75) is 51.8 Å². The average Bonchev–Trinajstić information content (AvgIpc) is 2.58. The molecule has 1 aliphatic rings. The molecule has 22 heavy (non-hydrogen) atoms. The van der Waals surface area contributed by atoms with E-state index in [4.69, 9.17) is 4.74 Å². The fourth-order valence-corrected chi connectivity index (χ4v) is 2.03. The Bertz CT molecular complexity index is 467. The lowest BCUT2D eigenvalue weighted by atomic mass is 10.1. The molecule has 7 nitrogen and oxygen atoms in total. The van der Waals surface area contributed by atoms with E-state index in [9.17, 15) is 14.4 Å². The summed E-state index contributed by atoms with van der Waals surface area (Å²) in [6.45, 7) is 7.11. The number of carbonyl (C=O) groups excluding carboxylic acids is 3. The molecule has 124 valence electrons. The summed E-state index contributed by atoms with van der Waals surface area (Å²) in [4.78, 5) is 37.4. The Hall–Kier alpha value is -2.05. The normalized spacial score (nSPS) is 20.1. The number of hydrogen-bond acceptors (Lipinski definition) is 5. The topological polar surface area (TPSA) is 84.9 Å². The number of nitrogens with one attached hydrogen (secondary N) is 1. The number of alkyl carbamates (subject to hydrolysis) is 1. The minimum Gasteiger partial charge on any atom is -0.467 e. The summed E-state index contributed by atoms with van der Waals surface area (Å²) in [6.07, 6.45) is 3.27. The fourth-order valence-electron chi connectivity index (χ4n) is 2.03. The van der Waals surface area contributed by atoms with Gasteiger partial charge in [0, 0.05) is 6.54 Å². The van der Waals surface area contributed by atoms with Gasteiger partial charge in [0.15, 0.2) is 0 Å². The quantitative estimate of drug-likeness (QED) is 0.626. The molecule has 0 unspecified atom stereocenters. The van der Waals surface area contributed by atoms with Crippen LogP contribution in [-0.4, -0.2) is 54.2 Å². The molecule has 0 fully saturated rings. The minimum absolute atomic E-state index is 0.293. The van der Waals surface area contributed by atoms with Gasteiger partial charge in [-0.2, -0.15) is 0 Å². The number of carbonyl (C=O) groups is 3. The molecule has 2 atom stereocenters. The van der Waals surface area contributed by atoms with Gasteiger partial charge in [0.1, 0.15) is 17.7 Å². The van der Waals surface area contributed by atoms with E-state index in [2.05, 4.69) is 10.1 Å². The largest absolute Gasteiger partial charge is 0.467 e. The average molecular weight is 312 g/mol. The zero-order valence-corrected chi connectivity index (χ0v) is 13.7. The predicted octanol–water partition coefficient (Wildman–Crippen LogP) is 1.23. The third kappa shape index (κ3) is 5.05. The van der Waals surface area contributed by atoms with Gasteiger partial charge >= 0.3 is 12.1 Å². The number of nitrogens with zero attached hydrogens (tertiary/aromatic N) is 1. The first-order chi connectivity index (χ1) is 10.2. The van der Waals surface area contributed by atoms with Crippen molar-refractivity contribution < 1.29 is 23.9 Å². The first-order valence-corrected chi connectivity index (χ1v) is 7.18. The van der Waals surface area contributed by atoms with Crippen molar-refractivity contribution in [2.75, 3.05) is 13.7 Å². The van der Waals surface area contributed by atoms with E-state index in [0.717, 1.165) is 0 Å². The van der Waals surface area contributed by atoms with Gasteiger partial charge in [-0.25, -0.2) is 9.59 Å². The Morgan fingerprint density at radius 2 is 2.00 bits per heavy atom. The van der Waals surface area contributed by atoms with Gasteiger partial charge in [-0.05, 0) is 34.1 Å². The van der Waals surface area contributed by atoms with E-state index in [-0.39, 0.29) is 5.91 Å². The van der Waals surface area contributed by atoms with Crippen LogP contribution < -0.4 is 5.32 Å². The van der Waals surface area contributed by atoms with Gasteiger partial charge in [-0.1, -0.05) is 12.2 Å². The van der Waals surface area contributed by atoms with Crippen LogP contribution in [0.5, 0.6) is 0 Å². The lowest BCUT2D eigenvalue weighted by Crippen LogP contribution is -2.53. The Labute approximate surface area is 130 Å². The third-order valence-corrected chi connectivity index (χ3v) is 3.12. The van der Waals surface area contributed by atoms with Crippen LogP contribution in [0.1, 0.15) is 34.1 Å². The van der Waals surface area contributed by atoms with Gasteiger partial charge in [0.2, 0.25) is 5.91 Å². The molecule has 0 spiro atoms. The van der Waals surface area contributed by atoms with Crippen LogP contribution in [-0.2, 0) is 19.1 Å². The molecule has 0 aromatic carbocycles. The maximum atomic E-state index is 12.5. The smallest absolute Gasteiger partial charge is 0.408 e. The lowest BCUT2D eigenvalue weighted by molar-refractivity contribution is -0.152. The van der Waals surface area contributed by atoms with Crippen molar-refractivity contribution in [3.05, 3.63) is 12.2 Å². The molecule has 0 aromatic heterocycles. The zero-order chi connectivity index (χ0) is 16.9. The van der Waals surface area contributed by atoms with Crippen molar-refractivity contribution in [2.24, 2.45) is 0 Å². The molecule has 1 rings (SSSR count). The summed E-state index contributed by atoms with van der Waals surface area (Å²) in [7, 11) is 1.27. The van der Waals surface area contributed by atoms with Crippen LogP contribution in [0.4, 0.5) is 4.79 Å². The van der Waals surface area contributed by atoms with E-state index < -0.39 is 29.7 Å². The van der Waals surface area contributed by atoms with E-state index in [1.807, 2.05) is 0 Å². The van der Waals surface area contributed by atoms with Crippen LogP contribution in [0.15, 0.2) is 12.2 Å². The Morgan fingerprint density at radius 3 is 2.55 bits per heavy atom. The van der Waals surface area contributed by atoms with Crippen molar-refractivity contribution in [1.82, 2.24) is 10.2 Å². The highest BCUT2D eigenvalue weighted by Gasteiger charge is 2.33. The number of methoxy groups -OCH3 is 1. The molecular formula is C15H24N2O5. The third-order valence-electron chi connectivity index (χ3n) is 3.12. The molecule has 1 heterocycles. The van der Waals surface area contributed by atoms with E-state index >= 15 is 0 Å². The molecule has 0 saturated carbocycles. The molecule has 2 amide bonds. The second-order valence-electron chi connectivity index (χ2n) is 6.10. The summed E-state index contributed by atoms with van der Waals surface area (Å²) >= 11 is 0. The maximum absolute atomic E-state index is 12.5. The molecule has 0 radical (unpaired) electrons. The van der Waals surface area contributed by atoms with Crippen molar-refractivity contribution in [3.63, 3.8) is 0 Å². The standard InChI is InChI=1S/C15H24N2O5/c1-10(13(19)21-5)17-9-7-6-8-11(12(17)18)16-14(20)22-15(2,3)4/h6-7,10-11H,8-9H2,1-5H3,(H,16,20)/t10-,11-/m0/s1. The highest BCUT2D eigenvalue weighted by Crippen LogP contribution is 2.13. The number of hydrogen-bond donors (Lipinski definition) is 1. The number of esters is 1. The Morgan fingerprint density at radius 1 is 1.36 bits per heavy atom.